The number of esters is 1. The summed E-state index contributed by atoms with van der Waals surface area (Å²) >= 11 is 0. The van der Waals surface area contributed by atoms with Crippen molar-refractivity contribution < 1.29 is 28.3 Å². The van der Waals surface area contributed by atoms with Crippen LogP contribution in [0.4, 0.5) is 9.18 Å². The van der Waals surface area contributed by atoms with E-state index in [0.29, 0.717) is 0 Å². The molecule has 1 aliphatic carbocycles. The molecule has 1 fully saturated rings. The number of nitrogens with one attached hydrogen (secondary N) is 3. The van der Waals surface area contributed by atoms with E-state index in [4.69, 9.17) is 0 Å². The molecule has 1 aromatic carbocycles. The normalized spacial score (nSPS) is 12.9. The van der Waals surface area contributed by atoms with Crippen LogP contribution in [-0.2, 0) is 14.3 Å². The molecule has 9 heteroatoms. The first-order valence-electron chi connectivity index (χ1n) is 7.24. The van der Waals surface area contributed by atoms with E-state index < -0.39 is 42.8 Å². The van der Waals surface area contributed by atoms with E-state index in [1.165, 1.54) is 18.2 Å². The number of carbonyl (C=O) groups is 4. The molecule has 0 aliphatic heterocycles. The molecule has 4 amide bonds. The monoisotopic (exact) mass is 337 g/mol. The number of hydrogen-bond donors (Lipinski definition) is 3. The number of carbonyl (C=O) groups excluding carboxylic acids is 4. The maximum absolute atomic E-state index is 13.0. The van der Waals surface area contributed by atoms with Gasteiger partial charge in [0, 0.05) is 11.6 Å². The summed E-state index contributed by atoms with van der Waals surface area (Å²) in [6.45, 7) is -1.14. The van der Waals surface area contributed by atoms with Crippen LogP contribution in [0.5, 0.6) is 0 Å². The Balaban J connectivity index is 1.64. The van der Waals surface area contributed by atoms with Crippen molar-refractivity contribution in [3.8, 4) is 0 Å². The molecule has 8 nitrogen and oxygen atoms in total. The molecule has 1 aromatic rings. The van der Waals surface area contributed by atoms with Crippen molar-refractivity contribution in [1.29, 1.82) is 0 Å². The number of imide groups is 1. The molecular weight excluding hydrogens is 321 g/mol. The molecule has 24 heavy (non-hydrogen) atoms. The van der Waals surface area contributed by atoms with Crippen LogP contribution in [0.2, 0.25) is 0 Å². The third-order valence-electron chi connectivity index (χ3n) is 3.01. The van der Waals surface area contributed by atoms with Crippen molar-refractivity contribution in [2.75, 3.05) is 13.2 Å². The molecule has 0 saturated heterocycles. The van der Waals surface area contributed by atoms with Crippen LogP contribution >= 0.6 is 0 Å². The lowest BCUT2D eigenvalue weighted by Crippen LogP contribution is -2.42. The number of ether oxygens (including phenoxy) is 1. The lowest BCUT2D eigenvalue weighted by atomic mass is 10.2. The molecular formula is C15H16FN3O5. The Morgan fingerprint density at radius 2 is 1.96 bits per heavy atom. The quantitative estimate of drug-likeness (QED) is 0.637. The Labute approximate surface area is 136 Å². The van der Waals surface area contributed by atoms with E-state index in [1.807, 2.05) is 5.32 Å². The van der Waals surface area contributed by atoms with Gasteiger partial charge >= 0.3 is 12.0 Å². The minimum absolute atomic E-state index is 0.0530. The van der Waals surface area contributed by atoms with Crippen LogP contribution in [0, 0.1) is 5.82 Å². The fraction of sp³-hybridized carbons (Fsp3) is 0.333. The Bertz CT molecular complexity index is 660. The van der Waals surface area contributed by atoms with Crippen molar-refractivity contribution in [2.24, 2.45) is 0 Å². The Morgan fingerprint density at radius 3 is 2.62 bits per heavy atom. The molecule has 1 aliphatic rings. The Hall–Kier alpha value is -2.97. The van der Waals surface area contributed by atoms with E-state index in [-0.39, 0.29) is 11.6 Å². The Kier molecular flexibility index (Phi) is 5.83. The minimum atomic E-state index is -0.863. The summed E-state index contributed by atoms with van der Waals surface area (Å²) in [6, 6.07) is 4.40. The summed E-state index contributed by atoms with van der Waals surface area (Å²) in [5, 5.41) is 6.78. The lowest BCUT2D eigenvalue weighted by molar-refractivity contribution is -0.147. The SMILES string of the molecule is O=C(COC(=O)CNC(=O)c1cccc(F)c1)NC(=O)NC1CC1. The summed E-state index contributed by atoms with van der Waals surface area (Å²) in [6.07, 6.45) is 1.75. The van der Waals surface area contributed by atoms with Crippen molar-refractivity contribution in [3.05, 3.63) is 35.6 Å². The summed E-state index contributed by atoms with van der Waals surface area (Å²) in [5.41, 5.74) is 0.0530. The zero-order chi connectivity index (χ0) is 17.5. The first kappa shape index (κ1) is 17.4. The highest BCUT2D eigenvalue weighted by Gasteiger charge is 2.24. The average molecular weight is 337 g/mol. The van der Waals surface area contributed by atoms with Gasteiger partial charge in [0.25, 0.3) is 11.8 Å². The van der Waals surface area contributed by atoms with Gasteiger partial charge in [-0.15, -0.1) is 0 Å². The lowest BCUT2D eigenvalue weighted by Gasteiger charge is -2.07. The van der Waals surface area contributed by atoms with Gasteiger partial charge in [0.05, 0.1) is 0 Å². The summed E-state index contributed by atoms with van der Waals surface area (Å²) in [5.74, 6) is -2.87. The van der Waals surface area contributed by atoms with Crippen molar-refractivity contribution in [2.45, 2.75) is 18.9 Å². The molecule has 0 atom stereocenters. The van der Waals surface area contributed by atoms with Gasteiger partial charge in [-0.25, -0.2) is 9.18 Å². The molecule has 128 valence electrons. The van der Waals surface area contributed by atoms with Gasteiger partial charge in [-0.3, -0.25) is 19.7 Å². The number of halogens is 1. The van der Waals surface area contributed by atoms with E-state index in [1.54, 1.807) is 0 Å². The molecule has 0 spiro atoms. The second-order valence-electron chi connectivity index (χ2n) is 5.15. The van der Waals surface area contributed by atoms with E-state index >= 15 is 0 Å². The highest BCUT2D eigenvalue weighted by Crippen LogP contribution is 2.18. The van der Waals surface area contributed by atoms with E-state index in [0.717, 1.165) is 18.9 Å². The van der Waals surface area contributed by atoms with Crippen LogP contribution in [0.25, 0.3) is 0 Å². The molecule has 0 radical (unpaired) electrons. The van der Waals surface area contributed by atoms with Crippen molar-refractivity contribution in [1.82, 2.24) is 16.0 Å². The van der Waals surface area contributed by atoms with Gasteiger partial charge in [0.2, 0.25) is 0 Å². The highest BCUT2D eigenvalue weighted by atomic mass is 19.1. The molecule has 3 N–H and O–H groups in total. The first-order chi connectivity index (χ1) is 11.4. The number of benzene rings is 1. The largest absolute Gasteiger partial charge is 0.454 e. The fourth-order valence-electron chi connectivity index (χ4n) is 1.69. The zero-order valence-corrected chi connectivity index (χ0v) is 12.6. The molecule has 1 saturated carbocycles. The second kappa shape index (κ2) is 8.04. The van der Waals surface area contributed by atoms with Crippen molar-refractivity contribution in [3.63, 3.8) is 0 Å². The van der Waals surface area contributed by atoms with Crippen molar-refractivity contribution >= 4 is 23.8 Å². The van der Waals surface area contributed by atoms with Crippen LogP contribution in [0.3, 0.4) is 0 Å². The summed E-state index contributed by atoms with van der Waals surface area (Å²) in [4.78, 5) is 45.8. The minimum Gasteiger partial charge on any atom is -0.454 e. The molecule has 0 unspecified atom stereocenters. The molecule has 0 heterocycles. The molecule has 0 aromatic heterocycles. The second-order valence-corrected chi connectivity index (χ2v) is 5.15. The third kappa shape index (κ3) is 6.03. The van der Waals surface area contributed by atoms with Gasteiger partial charge < -0.3 is 15.4 Å². The van der Waals surface area contributed by atoms with Gasteiger partial charge in [0.1, 0.15) is 12.4 Å². The maximum Gasteiger partial charge on any atom is 0.325 e. The highest BCUT2D eigenvalue weighted by molar-refractivity contribution is 5.97. The van der Waals surface area contributed by atoms with Gasteiger partial charge in [-0.05, 0) is 31.0 Å². The number of hydrogen-bond acceptors (Lipinski definition) is 5. The van der Waals surface area contributed by atoms with Gasteiger partial charge in [-0.1, -0.05) is 6.07 Å². The maximum atomic E-state index is 13.0. The van der Waals surface area contributed by atoms with Crippen LogP contribution in [0.15, 0.2) is 24.3 Å². The van der Waals surface area contributed by atoms with E-state index in [2.05, 4.69) is 15.4 Å². The third-order valence-corrected chi connectivity index (χ3v) is 3.01. The fourth-order valence-corrected chi connectivity index (χ4v) is 1.69. The predicted octanol–water partition coefficient (Wildman–Crippen LogP) is 0.0869. The predicted molar refractivity (Wildman–Crippen MR) is 79.4 cm³/mol. The standard InChI is InChI=1S/C15H16FN3O5/c16-10-3-1-2-9(6-10)14(22)17-7-13(21)24-8-12(20)19-15(23)18-11-4-5-11/h1-3,6,11H,4-5,7-8H2,(H,17,22)(H2,18,19,20,23). The number of urea groups is 1. The number of rotatable bonds is 6. The van der Waals surface area contributed by atoms with Gasteiger partial charge in [-0.2, -0.15) is 0 Å². The first-order valence-corrected chi connectivity index (χ1v) is 7.24. The Morgan fingerprint density at radius 1 is 1.21 bits per heavy atom. The average Bonchev–Trinajstić information content (AvgIpc) is 3.34. The topological polar surface area (TPSA) is 114 Å². The molecule has 0 bridgehead atoms. The van der Waals surface area contributed by atoms with Gasteiger partial charge in [0.15, 0.2) is 6.61 Å². The van der Waals surface area contributed by atoms with Crippen LogP contribution < -0.4 is 16.0 Å². The van der Waals surface area contributed by atoms with Crippen LogP contribution in [0.1, 0.15) is 23.2 Å². The van der Waals surface area contributed by atoms with Crippen LogP contribution in [-0.4, -0.2) is 43.0 Å². The van der Waals surface area contributed by atoms with E-state index in [9.17, 15) is 23.6 Å². The smallest absolute Gasteiger partial charge is 0.325 e. The summed E-state index contributed by atoms with van der Waals surface area (Å²) in [7, 11) is 0. The zero-order valence-electron chi connectivity index (χ0n) is 12.6. The number of amides is 4. The summed E-state index contributed by atoms with van der Waals surface area (Å²) < 4.78 is 17.6. The molecule has 2 rings (SSSR count).